The Labute approximate surface area is 101 Å². The van der Waals surface area contributed by atoms with Crippen LogP contribution in [0.15, 0.2) is 18.3 Å². The van der Waals surface area contributed by atoms with Crippen LogP contribution in [0.3, 0.4) is 0 Å². The number of aromatic amines is 1. The quantitative estimate of drug-likeness (QED) is 0.752. The van der Waals surface area contributed by atoms with Crippen molar-refractivity contribution in [3.63, 3.8) is 0 Å². The molecule has 1 heterocycles. The van der Waals surface area contributed by atoms with Crippen LogP contribution in [0.2, 0.25) is 0 Å². The Morgan fingerprint density at radius 2 is 2.19 bits per heavy atom. The predicted molar refractivity (Wildman–Crippen MR) is 65.8 cm³/mol. The molecule has 4 N–H and O–H groups in total. The van der Waals surface area contributed by atoms with E-state index in [9.17, 15) is 4.79 Å². The van der Waals surface area contributed by atoms with Crippen molar-refractivity contribution < 1.29 is 4.79 Å². The second-order valence-electron chi connectivity index (χ2n) is 4.23. The van der Waals surface area contributed by atoms with Crippen LogP contribution in [0.25, 0.3) is 0 Å². The molecule has 1 aliphatic rings. The highest BCUT2D eigenvalue weighted by Crippen LogP contribution is 2.28. The van der Waals surface area contributed by atoms with Crippen LogP contribution in [-0.4, -0.2) is 23.0 Å². The minimum Gasteiger partial charge on any atom is -0.357 e. The van der Waals surface area contributed by atoms with Gasteiger partial charge in [-0.15, -0.1) is 12.4 Å². The topological polar surface area (TPSA) is 70.9 Å². The molecule has 0 atom stereocenters. The van der Waals surface area contributed by atoms with Gasteiger partial charge in [0.15, 0.2) is 0 Å². The second kappa shape index (κ2) is 5.37. The maximum absolute atomic E-state index is 11.8. The number of amides is 1. The average Bonchev–Trinajstić information content (AvgIpc) is 2.88. The van der Waals surface area contributed by atoms with Gasteiger partial charge in [-0.25, -0.2) is 0 Å². The zero-order valence-electron chi connectivity index (χ0n) is 9.16. The Morgan fingerprint density at radius 3 is 2.69 bits per heavy atom. The number of carbonyl (C=O) groups excluding carboxylic acids is 1. The summed E-state index contributed by atoms with van der Waals surface area (Å²) in [5.41, 5.74) is 6.19. The number of nitrogens with one attached hydrogen (secondary N) is 2. The molecule has 4 nitrogen and oxygen atoms in total. The molecular weight excluding hydrogens is 226 g/mol. The molecule has 1 aromatic heterocycles. The molecule has 0 unspecified atom stereocenters. The van der Waals surface area contributed by atoms with Gasteiger partial charge in [-0.1, -0.05) is 12.8 Å². The highest BCUT2D eigenvalue weighted by Gasteiger charge is 2.34. The van der Waals surface area contributed by atoms with Crippen molar-refractivity contribution in [3.05, 3.63) is 24.0 Å². The third-order valence-corrected chi connectivity index (χ3v) is 3.17. The van der Waals surface area contributed by atoms with Gasteiger partial charge in [0.05, 0.1) is 5.54 Å². The first-order valence-electron chi connectivity index (χ1n) is 5.42. The van der Waals surface area contributed by atoms with Crippen LogP contribution >= 0.6 is 12.4 Å². The van der Waals surface area contributed by atoms with E-state index in [2.05, 4.69) is 10.3 Å². The van der Waals surface area contributed by atoms with Gasteiger partial charge >= 0.3 is 0 Å². The molecule has 0 spiro atoms. The van der Waals surface area contributed by atoms with Crippen molar-refractivity contribution >= 4 is 18.3 Å². The van der Waals surface area contributed by atoms with Gasteiger partial charge in [-0.05, 0) is 25.0 Å². The van der Waals surface area contributed by atoms with Crippen molar-refractivity contribution in [1.82, 2.24) is 10.3 Å². The van der Waals surface area contributed by atoms with Gasteiger partial charge < -0.3 is 16.0 Å². The Hall–Kier alpha value is -1.00. The van der Waals surface area contributed by atoms with Gasteiger partial charge in [0, 0.05) is 12.7 Å². The summed E-state index contributed by atoms with van der Waals surface area (Å²) >= 11 is 0. The Bertz CT molecular complexity index is 331. The Balaban J connectivity index is 0.00000128. The van der Waals surface area contributed by atoms with Gasteiger partial charge in [-0.3, -0.25) is 4.79 Å². The summed E-state index contributed by atoms with van der Waals surface area (Å²) in [5, 5.41) is 3.05. The van der Waals surface area contributed by atoms with Crippen LogP contribution in [0.4, 0.5) is 0 Å². The number of hydrogen-bond donors (Lipinski definition) is 3. The molecule has 1 saturated carbocycles. The van der Waals surface area contributed by atoms with Crippen molar-refractivity contribution in [1.29, 1.82) is 0 Å². The first kappa shape index (κ1) is 13.1. The molecular formula is C11H18ClN3O. The summed E-state index contributed by atoms with van der Waals surface area (Å²) in [6.45, 7) is 0.527. The molecule has 1 aromatic rings. The minimum absolute atomic E-state index is 0. The predicted octanol–water partition coefficient (Wildman–Crippen LogP) is 1.44. The highest BCUT2D eigenvalue weighted by molar-refractivity contribution is 5.92. The fourth-order valence-corrected chi connectivity index (χ4v) is 2.21. The van der Waals surface area contributed by atoms with Gasteiger partial charge in [0.25, 0.3) is 5.91 Å². The van der Waals surface area contributed by atoms with E-state index in [-0.39, 0.29) is 23.9 Å². The maximum atomic E-state index is 11.8. The van der Waals surface area contributed by atoms with Crippen LogP contribution in [0.1, 0.15) is 36.2 Å². The summed E-state index contributed by atoms with van der Waals surface area (Å²) in [4.78, 5) is 14.7. The molecule has 0 aromatic carbocycles. The minimum atomic E-state index is -0.164. The summed E-state index contributed by atoms with van der Waals surface area (Å²) in [5.74, 6) is -0.0487. The van der Waals surface area contributed by atoms with Crippen LogP contribution < -0.4 is 11.1 Å². The molecule has 0 aliphatic heterocycles. The van der Waals surface area contributed by atoms with Crippen molar-refractivity contribution in [3.8, 4) is 0 Å². The normalized spacial score (nSPS) is 17.8. The molecule has 16 heavy (non-hydrogen) atoms. The Morgan fingerprint density at radius 1 is 1.50 bits per heavy atom. The number of H-pyrrole nitrogens is 1. The summed E-state index contributed by atoms with van der Waals surface area (Å²) in [6, 6.07) is 3.59. The fraction of sp³-hybridized carbons (Fsp3) is 0.545. The maximum Gasteiger partial charge on any atom is 0.268 e. The summed E-state index contributed by atoms with van der Waals surface area (Å²) in [7, 11) is 0. The SMILES string of the molecule is Cl.NCC1(NC(=O)c2ccc[nH]2)CCCC1. The first-order valence-corrected chi connectivity index (χ1v) is 5.42. The molecule has 1 aliphatic carbocycles. The van der Waals surface area contributed by atoms with Crippen molar-refractivity contribution in [2.75, 3.05) is 6.54 Å². The zero-order chi connectivity index (χ0) is 10.7. The fourth-order valence-electron chi connectivity index (χ4n) is 2.21. The smallest absolute Gasteiger partial charge is 0.268 e. The molecule has 1 fully saturated rings. The number of nitrogens with two attached hydrogens (primary N) is 1. The monoisotopic (exact) mass is 243 g/mol. The third-order valence-electron chi connectivity index (χ3n) is 3.17. The van der Waals surface area contributed by atoms with E-state index in [0.29, 0.717) is 12.2 Å². The lowest BCUT2D eigenvalue weighted by Gasteiger charge is -2.28. The van der Waals surface area contributed by atoms with E-state index >= 15 is 0 Å². The van der Waals surface area contributed by atoms with Gasteiger partial charge in [0.1, 0.15) is 5.69 Å². The van der Waals surface area contributed by atoms with E-state index in [1.54, 1.807) is 12.3 Å². The molecule has 2 rings (SSSR count). The van der Waals surface area contributed by atoms with Crippen LogP contribution in [0.5, 0.6) is 0 Å². The molecule has 0 radical (unpaired) electrons. The average molecular weight is 244 g/mol. The highest BCUT2D eigenvalue weighted by atomic mass is 35.5. The summed E-state index contributed by atoms with van der Waals surface area (Å²) in [6.07, 6.45) is 6.05. The molecule has 0 saturated heterocycles. The number of carbonyl (C=O) groups is 1. The lowest BCUT2D eigenvalue weighted by atomic mass is 9.97. The van der Waals surface area contributed by atoms with E-state index < -0.39 is 0 Å². The molecule has 5 heteroatoms. The Kier molecular flexibility index (Phi) is 4.38. The lowest BCUT2D eigenvalue weighted by Crippen LogP contribution is -2.51. The van der Waals surface area contributed by atoms with E-state index in [1.165, 1.54) is 0 Å². The number of hydrogen-bond acceptors (Lipinski definition) is 2. The third kappa shape index (κ3) is 2.57. The van der Waals surface area contributed by atoms with Gasteiger partial charge in [-0.2, -0.15) is 0 Å². The van der Waals surface area contributed by atoms with Crippen LogP contribution in [0, 0.1) is 0 Å². The molecule has 90 valence electrons. The summed E-state index contributed by atoms with van der Waals surface area (Å²) < 4.78 is 0. The first-order chi connectivity index (χ1) is 7.26. The van der Waals surface area contributed by atoms with E-state index in [4.69, 9.17) is 5.73 Å². The number of aromatic nitrogens is 1. The van der Waals surface area contributed by atoms with Gasteiger partial charge in [0.2, 0.25) is 0 Å². The number of halogens is 1. The van der Waals surface area contributed by atoms with E-state index in [0.717, 1.165) is 25.7 Å². The van der Waals surface area contributed by atoms with E-state index in [1.807, 2.05) is 6.07 Å². The lowest BCUT2D eigenvalue weighted by molar-refractivity contribution is 0.0898. The van der Waals surface area contributed by atoms with Crippen molar-refractivity contribution in [2.45, 2.75) is 31.2 Å². The standard InChI is InChI=1S/C11H17N3O.ClH/c12-8-11(5-1-2-6-11)14-10(15)9-4-3-7-13-9;/h3-4,7,13H,1-2,5-6,8,12H2,(H,14,15);1H. The second-order valence-corrected chi connectivity index (χ2v) is 4.23. The van der Waals surface area contributed by atoms with Crippen LogP contribution in [-0.2, 0) is 0 Å². The van der Waals surface area contributed by atoms with Crippen molar-refractivity contribution in [2.24, 2.45) is 5.73 Å². The molecule has 1 amide bonds. The largest absolute Gasteiger partial charge is 0.357 e. The molecule has 0 bridgehead atoms. The number of rotatable bonds is 3. The zero-order valence-corrected chi connectivity index (χ0v) is 9.98.